The number of hydrogen-bond donors (Lipinski definition) is 2. The number of carbonyl (C=O) groups is 2. The highest BCUT2D eigenvalue weighted by Gasteiger charge is 2.25. The van der Waals surface area contributed by atoms with E-state index >= 15 is 0 Å². The van der Waals surface area contributed by atoms with E-state index in [0.29, 0.717) is 6.42 Å². The number of benzene rings is 1. The molecule has 0 spiro atoms. The molecular weight excluding hydrogens is 382 g/mol. The van der Waals surface area contributed by atoms with Crippen molar-refractivity contribution in [3.63, 3.8) is 0 Å². The van der Waals surface area contributed by atoms with Crippen molar-refractivity contribution in [3.05, 3.63) is 35.9 Å². The summed E-state index contributed by atoms with van der Waals surface area (Å²) < 4.78 is 27.7. The predicted molar refractivity (Wildman–Crippen MR) is 105 cm³/mol. The molecule has 1 aromatic carbocycles. The minimum atomic E-state index is -3.25. The van der Waals surface area contributed by atoms with Crippen LogP contribution < -0.4 is 10.6 Å². The maximum Gasteiger partial charge on any atom is 0.408 e. The van der Waals surface area contributed by atoms with Crippen LogP contribution in [0.2, 0.25) is 0 Å². The van der Waals surface area contributed by atoms with Crippen molar-refractivity contribution in [3.8, 4) is 6.07 Å². The Bertz CT molecular complexity index is 788. The molecule has 8 nitrogen and oxygen atoms in total. The number of nitrogens with zero attached hydrogens (tertiary/aromatic N) is 1. The lowest BCUT2D eigenvalue weighted by Gasteiger charge is -2.21. The molecule has 9 heteroatoms. The van der Waals surface area contributed by atoms with Crippen molar-refractivity contribution in [2.45, 2.75) is 45.4 Å². The van der Waals surface area contributed by atoms with E-state index in [1.54, 1.807) is 0 Å². The Balaban J connectivity index is 2.65. The van der Waals surface area contributed by atoms with E-state index in [9.17, 15) is 18.0 Å². The molecule has 0 bridgehead atoms. The fourth-order valence-electron chi connectivity index (χ4n) is 2.38. The van der Waals surface area contributed by atoms with Crippen molar-refractivity contribution >= 4 is 21.8 Å². The van der Waals surface area contributed by atoms with Gasteiger partial charge in [0.15, 0.2) is 0 Å². The van der Waals surface area contributed by atoms with E-state index in [1.807, 2.05) is 50.2 Å². The lowest BCUT2D eigenvalue weighted by atomic mass is 10.0. The van der Waals surface area contributed by atoms with Gasteiger partial charge in [-0.2, -0.15) is 5.26 Å². The summed E-state index contributed by atoms with van der Waals surface area (Å²) in [6, 6.07) is 9.14. The van der Waals surface area contributed by atoms with E-state index in [1.165, 1.54) is 0 Å². The average Bonchev–Trinajstić information content (AvgIpc) is 2.62. The summed E-state index contributed by atoms with van der Waals surface area (Å²) >= 11 is 0. The molecule has 1 rings (SSSR count). The number of nitriles is 1. The zero-order chi connectivity index (χ0) is 21.2. The maximum absolute atomic E-state index is 12.5. The number of rotatable bonds is 10. The highest BCUT2D eigenvalue weighted by Crippen LogP contribution is 2.07. The van der Waals surface area contributed by atoms with Crippen LogP contribution in [0, 0.1) is 17.2 Å². The molecule has 0 saturated heterocycles. The fraction of sp³-hybridized carbons (Fsp3) is 0.526. The molecular formula is C19H27N3O5S. The highest BCUT2D eigenvalue weighted by atomic mass is 32.2. The molecule has 1 aromatic rings. The third-order valence-electron chi connectivity index (χ3n) is 3.78. The molecule has 2 N–H and O–H groups in total. The summed E-state index contributed by atoms with van der Waals surface area (Å²) in [4.78, 5) is 24.6. The summed E-state index contributed by atoms with van der Waals surface area (Å²) in [7, 11) is -3.25. The van der Waals surface area contributed by atoms with Crippen LogP contribution in [-0.2, 0) is 26.0 Å². The Morgan fingerprint density at radius 3 is 2.36 bits per heavy atom. The van der Waals surface area contributed by atoms with E-state index in [4.69, 9.17) is 10.00 Å². The van der Waals surface area contributed by atoms with Gasteiger partial charge in [0.2, 0.25) is 5.91 Å². The van der Waals surface area contributed by atoms with Crippen molar-refractivity contribution in [1.29, 1.82) is 5.26 Å². The Kier molecular flexibility index (Phi) is 9.45. The smallest absolute Gasteiger partial charge is 0.408 e. The van der Waals surface area contributed by atoms with E-state index in [2.05, 4.69) is 10.6 Å². The normalized spacial score (nSPS) is 13.2. The summed E-state index contributed by atoms with van der Waals surface area (Å²) in [6.07, 6.45) is 0.647. The van der Waals surface area contributed by atoms with E-state index in [-0.39, 0.29) is 24.7 Å². The Morgan fingerprint density at radius 1 is 1.18 bits per heavy atom. The van der Waals surface area contributed by atoms with Gasteiger partial charge in [0.25, 0.3) is 0 Å². The first kappa shape index (κ1) is 23.4. The number of hydrogen-bond acceptors (Lipinski definition) is 6. The Morgan fingerprint density at radius 2 is 1.82 bits per heavy atom. The van der Waals surface area contributed by atoms with Gasteiger partial charge in [-0.25, -0.2) is 13.2 Å². The molecule has 0 heterocycles. The molecule has 0 radical (unpaired) electrons. The molecule has 0 saturated carbocycles. The van der Waals surface area contributed by atoms with Crippen LogP contribution in [0.1, 0.15) is 32.3 Å². The van der Waals surface area contributed by atoms with Gasteiger partial charge in [-0.3, -0.25) is 4.79 Å². The van der Waals surface area contributed by atoms with Crippen LogP contribution >= 0.6 is 0 Å². The van der Waals surface area contributed by atoms with Crippen LogP contribution in [0.25, 0.3) is 0 Å². The Labute approximate surface area is 166 Å². The molecule has 2 amide bonds. The van der Waals surface area contributed by atoms with Crippen LogP contribution in [0.5, 0.6) is 0 Å². The standard InChI is InChI=1S/C19H27N3O5S/c1-14(2)11-17(18(23)21-16(12-20)9-10-28(3,25)26)22-19(24)27-13-15-7-5-4-6-8-15/h4-8,14,16-17H,9-11,13H2,1-3H3,(H,21,23)(H,22,24)/t16?,17-/m0/s1. The Hall–Kier alpha value is -2.60. The lowest BCUT2D eigenvalue weighted by Crippen LogP contribution is -2.50. The first-order valence-electron chi connectivity index (χ1n) is 8.95. The van der Waals surface area contributed by atoms with Gasteiger partial charge in [0.05, 0.1) is 11.8 Å². The molecule has 2 atom stereocenters. The second-order valence-electron chi connectivity index (χ2n) is 7.00. The van der Waals surface area contributed by atoms with Gasteiger partial charge in [-0.05, 0) is 24.3 Å². The SMILES string of the molecule is CC(C)C[C@H](NC(=O)OCc1ccccc1)C(=O)NC(C#N)CCS(C)(=O)=O. The van der Waals surface area contributed by atoms with Gasteiger partial charge in [0, 0.05) is 6.26 Å². The third-order valence-corrected chi connectivity index (χ3v) is 4.76. The topological polar surface area (TPSA) is 125 Å². The second-order valence-corrected chi connectivity index (χ2v) is 9.26. The fourth-order valence-corrected chi connectivity index (χ4v) is 3.05. The number of sulfone groups is 1. The zero-order valence-electron chi connectivity index (χ0n) is 16.3. The number of nitrogens with one attached hydrogen (secondary N) is 2. The quantitative estimate of drug-likeness (QED) is 0.607. The molecule has 0 aliphatic carbocycles. The second kappa shape index (κ2) is 11.3. The predicted octanol–water partition coefficient (Wildman–Crippen LogP) is 1.77. The van der Waals surface area contributed by atoms with Gasteiger partial charge in [-0.15, -0.1) is 0 Å². The summed E-state index contributed by atoms with van der Waals surface area (Å²) in [5.41, 5.74) is 0.813. The number of carbonyl (C=O) groups excluding carboxylic acids is 2. The molecule has 28 heavy (non-hydrogen) atoms. The summed E-state index contributed by atoms with van der Waals surface area (Å²) in [6.45, 7) is 3.85. The maximum atomic E-state index is 12.5. The first-order valence-corrected chi connectivity index (χ1v) is 11.0. The molecule has 1 unspecified atom stereocenters. The van der Waals surface area contributed by atoms with Crippen LogP contribution in [0.3, 0.4) is 0 Å². The average molecular weight is 410 g/mol. The molecule has 0 aromatic heterocycles. The van der Waals surface area contributed by atoms with Crippen molar-refractivity contribution < 1.29 is 22.7 Å². The molecule has 154 valence electrons. The highest BCUT2D eigenvalue weighted by molar-refractivity contribution is 7.90. The van der Waals surface area contributed by atoms with Gasteiger partial charge in [-0.1, -0.05) is 44.2 Å². The molecule has 0 aliphatic heterocycles. The lowest BCUT2D eigenvalue weighted by molar-refractivity contribution is -0.123. The van der Waals surface area contributed by atoms with Crippen LogP contribution in [0.4, 0.5) is 4.79 Å². The van der Waals surface area contributed by atoms with Crippen molar-refractivity contribution in [2.75, 3.05) is 12.0 Å². The first-order chi connectivity index (χ1) is 13.1. The minimum Gasteiger partial charge on any atom is -0.445 e. The van der Waals surface area contributed by atoms with Crippen LogP contribution in [0.15, 0.2) is 30.3 Å². The summed E-state index contributed by atoms with van der Waals surface area (Å²) in [5, 5.41) is 14.2. The van der Waals surface area contributed by atoms with Gasteiger partial charge < -0.3 is 15.4 Å². The molecule has 0 aliphatic rings. The number of ether oxygens (including phenoxy) is 1. The van der Waals surface area contributed by atoms with E-state index < -0.39 is 33.9 Å². The van der Waals surface area contributed by atoms with Gasteiger partial charge >= 0.3 is 6.09 Å². The third kappa shape index (κ3) is 9.92. The molecule has 0 fully saturated rings. The van der Waals surface area contributed by atoms with Gasteiger partial charge in [0.1, 0.15) is 28.5 Å². The largest absolute Gasteiger partial charge is 0.445 e. The zero-order valence-corrected chi connectivity index (χ0v) is 17.2. The van der Waals surface area contributed by atoms with Crippen molar-refractivity contribution in [1.82, 2.24) is 10.6 Å². The van der Waals surface area contributed by atoms with Crippen LogP contribution in [-0.4, -0.2) is 44.5 Å². The van der Waals surface area contributed by atoms with Crippen molar-refractivity contribution in [2.24, 2.45) is 5.92 Å². The number of alkyl carbamates (subject to hydrolysis) is 1. The monoisotopic (exact) mass is 409 g/mol. The van der Waals surface area contributed by atoms with E-state index in [0.717, 1.165) is 11.8 Å². The summed E-state index contributed by atoms with van der Waals surface area (Å²) in [5.74, 6) is -0.667. The minimum absolute atomic E-state index is 0.0199. The number of amides is 2.